The minimum atomic E-state index is 0.117. The molecule has 3 rings (SSSR count). The second kappa shape index (κ2) is 6.06. The van der Waals surface area contributed by atoms with Crippen LogP contribution in [0.25, 0.3) is 0 Å². The number of benzene rings is 1. The van der Waals surface area contributed by atoms with E-state index in [1.807, 2.05) is 24.3 Å². The molecule has 0 spiro atoms. The van der Waals surface area contributed by atoms with Crippen LogP contribution in [0.15, 0.2) is 24.3 Å². The minimum absolute atomic E-state index is 0.117. The Morgan fingerprint density at radius 1 is 1.24 bits per heavy atom. The number of nitrogen functional groups attached to an aromatic ring is 1. The molecule has 2 aliphatic heterocycles. The highest BCUT2D eigenvalue weighted by Gasteiger charge is 2.38. The van der Waals surface area contributed by atoms with Gasteiger partial charge in [-0.3, -0.25) is 4.79 Å². The van der Waals surface area contributed by atoms with E-state index >= 15 is 0 Å². The SMILES string of the molecule is CN1C2CCC1CC(CNC(=O)Cc1ccc(N)cc1)C2. The van der Waals surface area contributed by atoms with Crippen molar-refractivity contribution < 1.29 is 4.79 Å². The Balaban J connectivity index is 1.45. The van der Waals surface area contributed by atoms with Crippen LogP contribution in [0, 0.1) is 5.92 Å². The van der Waals surface area contributed by atoms with E-state index in [0.717, 1.165) is 29.9 Å². The number of nitrogens with one attached hydrogen (secondary N) is 1. The average Bonchev–Trinajstić information content (AvgIpc) is 2.70. The summed E-state index contributed by atoms with van der Waals surface area (Å²) in [7, 11) is 2.25. The molecule has 2 aliphatic rings. The lowest BCUT2D eigenvalue weighted by atomic mass is 9.91. The maximum Gasteiger partial charge on any atom is 0.224 e. The Hall–Kier alpha value is -1.55. The fourth-order valence-electron chi connectivity index (χ4n) is 3.83. The fraction of sp³-hybridized carbons (Fsp3) is 0.588. The van der Waals surface area contributed by atoms with Crippen molar-refractivity contribution in [2.75, 3.05) is 19.3 Å². The van der Waals surface area contributed by atoms with Crippen molar-refractivity contribution in [3.05, 3.63) is 29.8 Å². The second-order valence-corrected chi connectivity index (χ2v) is 6.61. The monoisotopic (exact) mass is 287 g/mol. The molecular formula is C17H25N3O. The molecule has 21 heavy (non-hydrogen) atoms. The Kier molecular flexibility index (Phi) is 4.15. The number of hydrogen-bond acceptors (Lipinski definition) is 3. The lowest BCUT2D eigenvalue weighted by molar-refractivity contribution is -0.120. The number of carbonyl (C=O) groups excluding carboxylic acids is 1. The lowest BCUT2D eigenvalue weighted by Gasteiger charge is -2.36. The Labute approximate surface area is 126 Å². The van der Waals surface area contributed by atoms with E-state index in [9.17, 15) is 4.79 Å². The van der Waals surface area contributed by atoms with Crippen LogP contribution in [0.3, 0.4) is 0 Å². The van der Waals surface area contributed by atoms with Crippen molar-refractivity contribution in [1.82, 2.24) is 10.2 Å². The third-order valence-electron chi connectivity index (χ3n) is 5.13. The van der Waals surface area contributed by atoms with E-state index in [4.69, 9.17) is 5.73 Å². The van der Waals surface area contributed by atoms with Gasteiger partial charge >= 0.3 is 0 Å². The van der Waals surface area contributed by atoms with Crippen molar-refractivity contribution in [3.8, 4) is 0 Å². The van der Waals surface area contributed by atoms with Gasteiger partial charge < -0.3 is 16.0 Å². The number of hydrogen-bond donors (Lipinski definition) is 2. The predicted molar refractivity (Wildman–Crippen MR) is 84.9 cm³/mol. The number of rotatable bonds is 4. The highest BCUT2D eigenvalue weighted by atomic mass is 16.1. The van der Waals surface area contributed by atoms with Crippen molar-refractivity contribution >= 4 is 11.6 Å². The number of anilines is 1. The molecule has 2 bridgehead atoms. The first kappa shape index (κ1) is 14.4. The van der Waals surface area contributed by atoms with Crippen LogP contribution in [-0.2, 0) is 11.2 Å². The van der Waals surface area contributed by atoms with Gasteiger partial charge in [0.25, 0.3) is 0 Å². The Morgan fingerprint density at radius 3 is 2.48 bits per heavy atom. The quantitative estimate of drug-likeness (QED) is 0.830. The molecule has 2 atom stereocenters. The molecule has 0 saturated carbocycles. The van der Waals surface area contributed by atoms with E-state index < -0.39 is 0 Å². The molecule has 2 heterocycles. The number of fused-ring (bicyclic) bond motifs is 2. The summed E-state index contributed by atoms with van der Waals surface area (Å²) >= 11 is 0. The molecule has 3 N–H and O–H groups in total. The van der Waals surface area contributed by atoms with Gasteiger partial charge in [-0.25, -0.2) is 0 Å². The molecule has 4 heteroatoms. The number of carbonyl (C=O) groups is 1. The number of amides is 1. The standard InChI is InChI=1S/C17H25N3O/c1-20-15-6-7-16(20)9-13(8-15)11-19-17(21)10-12-2-4-14(18)5-3-12/h2-5,13,15-16H,6-11,18H2,1H3,(H,19,21). The summed E-state index contributed by atoms with van der Waals surface area (Å²) in [4.78, 5) is 14.6. The zero-order valence-electron chi connectivity index (χ0n) is 12.7. The van der Waals surface area contributed by atoms with Crippen LogP contribution in [0.4, 0.5) is 5.69 Å². The summed E-state index contributed by atoms with van der Waals surface area (Å²) in [5, 5.41) is 3.11. The van der Waals surface area contributed by atoms with Crippen LogP contribution in [-0.4, -0.2) is 36.5 Å². The van der Waals surface area contributed by atoms with Crippen LogP contribution in [0.5, 0.6) is 0 Å². The molecule has 1 aromatic carbocycles. The second-order valence-electron chi connectivity index (χ2n) is 6.61. The third-order valence-corrected chi connectivity index (χ3v) is 5.13. The predicted octanol–water partition coefficient (Wildman–Crippen LogP) is 1.80. The van der Waals surface area contributed by atoms with E-state index in [0.29, 0.717) is 12.3 Å². The minimum Gasteiger partial charge on any atom is -0.399 e. The Morgan fingerprint density at radius 2 is 1.86 bits per heavy atom. The zero-order chi connectivity index (χ0) is 14.8. The lowest BCUT2D eigenvalue weighted by Crippen LogP contribution is -2.43. The molecule has 2 saturated heterocycles. The molecule has 1 amide bonds. The van der Waals surface area contributed by atoms with Gasteiger partial charge in [0.05, 0.1) is 6.42 Å². The molecule has 0 aromatic heterocycles. The van der Waals surface area contributed by atoms with Gasteiger partial charge in [-0.15, -0.1) is 0 Å². The van der Waals surface area contributed by atoms with Gasteiger partial charge in [0.2, 0.25) is 5.91 Å². The van der Waals surface area contributed by atoms with Gasteiger partial charge in [-0.1, -0.05) is 12.1 Å². The topological polar surface area (TPSA) is 58.4 Å². The summed E-state index contributed by atoms with van der Waals surface area (Å²) in [5.74, 6) is 0.764. The molecule has 1 aromatic rings. The summed E-state index contributed by atoms with van der Waals surface area (Å²) in [5.41, 5.74) is 7.41. The molecule has 2 fully saturated rings. The normalized spacial score (nSPS) is 28.5. The van der Waals surface area contributed by atoms with E-state index in [2.05, 4.69) is 17.3 Å². The Bertz CT molecular complexity index is 485. The molecule has 114 valence electrons. The molecular weight excluding hydrogens is 262 g/mol. The van der Waals surface area contributed by atoms with Crippen molar-refractivity contribution in [1.29, 1.82) is 0 Å². The highest BCUT2D eigenvalue weighted by Crippen LogP contribution is 2.36. The average molecular weight is 287 g/mol. The van der Waals surface area contributed by atoms with Gasteiger partial charge in [0.15, 0.2) is 0 Å². The smallest absolute Gasteiger partial charge is 0.224 e. The largest absolute Gasteiger partial charge is 0.399 e. The highest BCUT2D eigenvalue weighted by molar-refractivity contribution is 5.78. The molecule has 0 radical (unpaired) electrons. The van der Waals surface area contributed by atoms with E-state index in [1.165, 1.54) is 25.7 Å². The number of nitrogens with two attached hydrogens (primary N) is 1. The first-order chi connectivity index (χ1) is 10.1. The zero-order valence-corrected chi connectivity index (χ0v) is 12.7. The molecule has 4 nitrogen and oxygen atoms in total. The van der Waals surface area contributed by atoms with Crippen LogP contribution in [0.2, 0.25) is 0 Å². The number of piperidine rings is 1. The van der Waals surface area contributed by atoms with Crippen LogP contribution in [0.1, 0.15) is 31.2 Å². The third kappa shape index (κ3) is 3.38. The van der Waals surface area contributed by atoms with Crippen molar-refractivity contribution in [2.45, 2.75) is 44.2 Å². The van der Waals surface area contributed by atoms with Crippen LogP contribution >= 0.6 is 0 Å². The van der Waals surface area contributed by atoms with Crippen LogP contribution < -0.4 is 11.1 Å². The van der Waals surface area contributed by atoms with E-state index in [-0.39, 0.29) is 5.91 Å². The molecule has 2 unspecified atom stereocenters. The summed E-state index contributed by atoms with van der Waals surface area (Å²) in [6, 6.07) is 9.01. The maximum absolute atomic E-state index is 12.0. The van der Waals surface area contributed by atoms with Gasteiger partial charge in [0, 0.05) is 24.3 Å². The van der Waals surface area contributed by atoms with Gasteiger partial charge in [-0.05, 0) is 56.3 Å². The van der Waals surface area contributed by atoms with E-state index in [1.54, 1.807) is 0 Å². The van der Waals surface area contributed by atoms with Crippen molar-refractivity contribution in [2.24, 2.45) is 5.92 Å². The van der Waals surface area contributed by atoms with Crippen molar-refractivity contribution in [3.63, 3.8) is 0 Å². The van der Waals surface area contributed by atoms with Gasteiger partial charge in [0.1, 0.15) is 0 Å². The fourth-order valence-corrected chi connectivity index (χ4v) is 3.83. The number of nitrogens with zero attached hydrogens (tertiary/aromatic N) is 1. The first-order valence-electron chi connectivity index (χ1n) is 7.95. The maximum atomic E-state index is 12.0. The summed E-state index contributed by atoms with van der Waals surface area (Å²) < 4.78 is 0. The van der Waals surface area contributed by atoms with Gasteiger partial charge in [-0.2, -0.15) is 0 Å². The summed E-state index contributed by atoms with van der Waals surface area (Å²) in [6.07, 6.45) is 5.57. The summed E-state index contributed by atoms with van der Waals surface area (Å²) in [6.45, 7) is 0.828. The first-order valence-corrected chi connectivity index (χ1v) is 7.95. The molecule has 0 aliphatic carbocycles.